The van der Waals surface area contributed by atoms with E-state index in [0.717, 1.165) is 24.1 Å². The minimum atomic E-state index is 0.251. The van der Waals surface area contributed by atoms with E-state index in [-0.39, 0.29) is 5.76 Å². The second-order valence-corrected chi connectivity index (χ2v) is 7.68. The van der Waals surface area contributed by atoms with Gasteiger partial charge in [0.1, 0.15) is 16.6 Å². The summed E-state index contributed by atoms with van der Waals surface area (Å²) < 4.78 is 0. The fraction of sp³-hybridized carbons (Fsp3) is 0.350. The number of nitriles is 1. The molecular formula is C20H20N4OS. The highest BCUT2D eigenvalue weighted by molar-refractivity contribution is 7.11. The number of amidine groups is 1. The summed E-state index contributed by atoms with van der Waals surface area (Å²) >= 11 is 1.45. The summed E-state index contributed by atoms with van der Waals surface area (Å²) in [5, 5.41) is 30.6. The van der Waals surface area contributed by atoms with Crippen molar-refractivity contribution in [3.8, 4) is 17.3 Å². The van der Waals surface area contributed by atoms with Gasteiger partial charge in [0.25, 0.3) is 0 Å². The predicted molar refractivity (Wildman–Crippen MR) is 103 cm³/mol. The largest absolute Gasteiger partial charge is 0.510 e. The molecule has 6 heteroatoms. The fourth-order valence-corrected chi connectivity index (χ4v) is 4.66. The van der Waals surface area contributed by atoms with Gasteiger partial charge in [0.15, 0.2) is 0 Å². The molecule has 5 nitrogen and oxygen atoms in total. The highest BCUT2D eigenvalue weighted by Gasteiger charge is 2.34. The zero-order chi connectivity index (χ0) is 18.1. The van der Waals surface area contributed by atoms with Gasteiger partial charge in [-0.25, -0.2) is 4.98 Å². The van der Waals surface area contributed by atoms with Crippen molar-refractivity contribution in [2.75, 3.05) is 6.54 Å². The first-order chi connectivity index (χ1) is 12.7. The molecule has 132 valence electrons. The van der Waals surface area contributed by atoms with Gasteiger partial charge < -0.3 is 10.0 Å². The smallest absolute Gasteiger partial charge is 0.135 e. The molecule has 2 N–H and O–H groups in total. The van der Waals surface area contributed by atoms with Crippen LogP contribution in [0.25, 0.3) is 16.8 Å². The van der Waals surface area contributed by atoms with Crippen molar-refractivity contribution in [3.05, 3.63) is 46.0 Å². The lowest BCUT2D eigenvalue weighted by atomic mass is 9.94. The van der Waals surface area contributed by atoms with Crippen molar-refractivity contribution in [2.45, 2.75) is 38.1 Å². The highest BCUT2D eigenvalue weighted by atomic mass is 32.1. The Kier molecular flexibility index (Phi) is 4.48. The van der Waals surface area contributed by atoms with Gasteiger partial charge in [-0.05, 0) is 25.0 Å². The van der Waals surface area contributed by atoms with Crippen LogP contribution in [0.1, 0.15) is 42.7 Å². The third kappa shape index (κ3) is 2.99. The van der Waals surface area contributed by atoms with Crippen LogP contribution in [0.3, 0.4) is 0 Å². The zero-order valence-corrected chi connectivity index (χ0v) is 15.2. The van der Waals surface area contributed by atoms with Crippen LogP contribution in [0.4, 0.5) is 0 Å². The third-order valence-corrected chi connectivity index (χ3v) is 6.04. The summed E-state index contributed by atoms with van der Waals surface area (Å²) in [5.74, 6) is 0.649. The number of aromatic nitrogens is 1. The lowest BCUT2D eigenvalue weighted by Crippen LogP contribution is -2.38. The summed E-state index contributed by atoms with van der Waals surface area (Å²) in [6.45, 7) is 0.421. The molecule has 0 unspecified atom stereocenters. The van der Waals surface area contributed by atoms with Gasteiger partial charge in [0.05, 0.1) is 29.4 Å². The number of hydrogen-bond acceptors (Lipinski definition) is 5. The molecule has 1 aliphatic carbocycles. The second-order valence-electron chi connectivity index (χ2n) is 6.82. The molecule has 2 aliphatic rings. The number of nitrogens with zero attached hydrogens (tertiary/aromatic N) is 3. The quantitative estimate of drug-likeness (QED) is 0.835. The Hall–Kier alpha value is -2.65. The zero-order valence-electron chi connectivity index (χ0n) is 14.4. The molecule has 2 aromatic rings. The van der Waals surface area contributed by atoms with E-state index >= 15 is 0 Å². The van der Waals surface area contributed by atoms with E-state index < -0.39 is 0 Å². The lowest BCUT2D eigenvalue weighted by molar-refractivity contribution is 0.241. The highest BCUT2D eigenvalue weighted by Crippen LogP contribution is 2.35. The summed E-state index contributed by atoms with van der Waals surface area (Å²) in [6.07, 6.45) is 5.86. The molecule has 1 aliphatic heterocycles. The average molecular weight is 364 g/mol. The molecule has 2 heterocycles. The molecule has 26 heavy (non-hydrogen) atoms. The van der Waals surface area contributed by atoms with Crippen LogP contribution in [-0.2, 0) is 0 Å². The molecule has 0 bridgehead atoms. The molecule has 1 aromatic carbocycles. The van der Waals surface area contributed by atoms with Gasteiger partial charge in [0, 0.05) is 17.0 Å². The first kappa shape index (κ1) is 16.8. The molecular weight excluding hydrogens is 344 g/mol. The summed E-state index contributed by atoms with van der Waals surface area (Å²) in [6, 6.07) is 9.76. The summed E-state index contributed by atoms with van der Waals surface area (Å²) in [7, 11) is 0. The van der Waals surface area contributed by atoms with E-state index in [1.165, 1.54) is 30.6 Å². The SMILES string of the molecule is N#Cc1ccc(-c2csc(C3=C(O)CN(C4CCCCC4)C3=N)n2)cc1. The molecule has 1 fully saturated rings. The van der Waals surface area contributed by atoms with E-state index in [1.54, 1.807) is 12.1 Å². The Morgan fingerprint density at radius 2 is 1.92 bits per heavy atom. The Labute approximate surface area is 156 Å². The van der Waals surface area contributed by atoms with Crippen molar-refractivity contribution in [1.82, 2.24) is 9.88 Å². The second kappa shape index (κ2) is 6.93. The Balaban J connectivity index is 1.57. The van der Waals surface area contributed by atoms with Gasteiger partial charge in [-0.15, -0.1) is 11.3 Å². The molecule has 0 radical (unpaired) electrons. The van der Waals surface area contributed by atoms with Crippen molar-refractivity contribution in [2.24, 2.45) is 0 Å². The normalized spacial score (nSPS) is 18.4. The van der Waals surface area contributed by atoms with E-state index in [2.05, 4.69) is 11.1 Å². The van der Waals surface area contributed by atoms with Crippen LogP contribution >= 0.6 is 11.3 Å². The number of nitrogens with one attached hydrogen (secondary N) is 1. The maximum atomic E-state index is 10.5. The number of rotatable bonds is 3. The molecule has 0 spiro atoms. The maximum absolute atomic E-state index is 10.5. The van der Waals surface area contributed by atoms with Gasteiger partial charge in [-0.2, -0.15) is 5.26 Å². The Bertz CT molecular complexity index is 901. The molecule has 0 atom stereocenters. The molecule has 0 amide bonds. The number of benzene rings is 1. The van der Waals surface area contributed by atoms with Crippen LogP contribution in [0.5, 0.6) is 0 Å². The van der Waals surface area contributed by atoms with Crippen molar-refractivity contribution >= 4 is 22.7 Å². The van der Waals surface area contributed by atoms with Crippen molar-refractivity contribution < 1.29 is 5.11 Å². The topological polar surface area (TPSA) is 84.0 Å². The van der Waals surface area contributed by atoms with Gasteiger partial charge in [-0.1, -0.05) is 31.4 Å². The third-order valence-electron chi connectivity index (χ3n) is 5.18. The lowest BCUT2D eigenvalue weighted by Gasteiger charge is -2.32. The number of aliphatic hydroxyl groups is 1. The minimum Gasteiger partial charge on any atom is -0.510 e. The van der Waals surface area contributed by atoms with Crippen LogP contribution in [-0.4, -0.2) is 33.4 Å². The standard InChI is InChI=1S/C20H20N4OS/c21-10-13-6-8-14(9-7-13)16-12-26-20(23-16)18-17(25)11-24(19(18)22)15-4-2-1-3-5-15/h6-9,12,15,22,25H,1-5,11H2. The van der Waals surface area contributed by atoms with Crippen LogP contribution < -0.4 is 0 Å². The van der Waals surface area contributed by atoms with Crippen LogP contribution in [0.15, 0.2) is 35.4 Å². The number of aliphatic hydroxyl groups excluding tert-OH is 1. The average Bonchev–Trinajstić information content (AvgIpc) is 3.27. The summed E-state index contributed by atoms with van der Waals surface area (Å²) in [4.78, 5) is 6.68. The molecule has 1 aromatic heterocycles. The van der Waals surface area contributed by atoms with Crippen LogP contribution in [0, 0.1) is 16.7 Å². The molecule has 4 rings (SSSR count). The Morgan fingerprint density at radius 3 is 2.62 bits per heavy atom. The van der Waals surface area contributed by atoms with Crippen molar-refractivity contribution in [1.29, 1.82) is 10.7 Å². The van der Waals surface area contributed by atoms with Gasteiger partial charge in [0.2, 0.25) is 0 Å². The summed E-state index contributed by atoms with van der Waals surface area (Å²) in [5.41, 5.74) is 2.92. The number of hydrogen-bond donors (Lipinski definition) is 2. The fourth-order valence-electron chi connectivity index (χ4n) is 3.77. The first-order valence-electron chi connectivity index (χ1n) is 8.91. The van der Waals surface area contributed by atoms with Crippen LogP contribution in [0.2, 0.25) is 0 Å². The van der Waals surface area contributed by atoms with E-state index in [4.69, 9.17) is 10.7 Å². The molecule has 0 saturated heterocycles. The van der Waals surface area contributed by atoms with Gasteiger partial charge >= 0.3 is 0 Å². The minimum absolute atomic E-state index is 0.251. The van der Waals surface area contributed by atoms with Gasteiger partial charge in [-0.3, -0.25) is 5.41 Å². The maximum Gasteiger partial charge on any atom is 0.135 e. The van der Waals surface area contributed by atoms with Crippen molar-refractivity contribution in [3.63, 3.8) is 0 Å². The van der Waals surface area contributed by atoms with E-state index in [9.17, 15) is 5.11 Å². The predicted octanol–water partition coefficient (Wildman–Crippen LogP) is 4.58. The Morgan fingerprint density at radius 1 is 1.19 bits per heavy atom. The molecule has 1 saturated carbocycles. The number of thiazole rings is 1. The first-order valence-corrected chi connectivity index (χ1v) is 9.79. The monoisotopic (exact) mass is 364 g/mol. The van der Waals surface area contributed by atoms with E-state index in [0.29, 0.717) is 34.6 Å². The van der Waals surface area contributed by atoms with E-state index in [1.807, 2.05) is 22.4 Å².